The molecule has 2 aromatic carbocycles. The molecule has 0 fully saturated rings. The van der Waals surface area contributed by atoms with Gasteiger partial charge in [0.05, 0.1) is 0 Å². The number of nitrogens with two attached hydrogens (primary N) is 1. The minimum absolute atomic E-state index is 0.0515. The molecule has 0 saturated heterocycles. The lowest BCUT2D eigenvalue weighted by molar-refractivity contribution is 0.175. The van der Waals surface area contributed by atoms with E-state index in [1.165, 1.54) is 18.2 Å². The van der Waals surface area contributed by atoms with E-state index >= 15 is 0 Å². The topological polar surface area (TPSA) is 26.0 Å². The summed E-state index contributed by atoms with van der Waals surface area (Å²) in [6, 6.07) is 12.5. The van der Waals surface area contributed by atoms with Gasteiger partial charge in [-0.05, 0) is 29.3 Å². The Morgan fingerprint density at radius 2 is 1.79 bits per heavy atom. The smallest absolute Gasteiger partial charge is 0.152 e. The molecule has 4 heteroatoms. The summed E-state index contributed by atoms with van der Waals surface area (Å²) >= 11 is 5.97. The first-order valence-electron chi connectivity index (χ1n) is 5.93. The van der Waals surface area contributed by atoms with E-state index in [2.05, 4.69) is 0 Å². The fourth-order valence-corrected chi connectivity index (χ4v) is 2.19. The Bertz CT molecular complexity index is 559. The monoisotopic (exact) mass is 281 g/mol. The number of benzene rings is 2. The van der Waals surface area contributed by atoms with Crippen LogP contribution in [-0.4, -0.2) is 6.54 Å². The van der Waals surface area contributed by atoms with Crippen LogP contribution in [0.4, 0.5) is 8.78 Å². The quantitative estimate of drug-likeness (QED) is 0.905. The fourth-order valence-electron chi connectivity index (χ4n) is 2.01. The van der Waals surface area contributed by atoms with Crippen LogP contribution in [0.15, 0.2) is 48.5 Å². The molecule has 100 valence electrons. The molecule has 0 radical (unpaired) electrons. The molecule has 0 spiro atoms. The van der Waals surface area contributed by atoms with E-state index in [0.717, 1.165) is 0 Å². The van der Waals surface area contributed by atoms with Crippen molar-refractivity contribution in [2.45, 2.75) is 12.1 Å². The summed E-state index contributed by atoms with van der Waals surface area (Å²) in [7, 11) is 0. The Balaban J connectivity index is 2.36. The second kappa shape index (κ2) is 5.68. The lowest BCUT2D eigenvalue weighted by Crippen LogP contribution is -2.32. The van der Waals surface area contributed by atoms with Crippen molar-refractivity contribution >= 4 is 11.6 Å². The molecule has 0 aliphatic rings. The zero-order chi connectivity index (χ0) is 13.9. The van der Waals surface area contributed by atoms with Gasteiger partial charge in [-0.15, -0.1) is 0 Å². The normalized spacial score (nSPS) is 14.1. The minimum atomic E-state index is -1.75. The summed E-state index contributed by atoms with van der Waals surface area (Å²) in [5.41, 5.74) is 4.70. The van der Waals surface area contributed by atoms with Crippen LogP contribution in [0.3, 0.4) is 0 Å². The molecular weight excluding hydrogens is 268 g/mol. The lowest BCUT2D eigenvalue weighted by Gasteiger charge is -2.24. The van der Waals surface area contributed by atoms with E-state index in [-0.39, 0.29) is 13.0 Å². The highest BCUT2D eigenvalue weighted by Gasteiger charge is 2.31. The maximum Gasteiger partial charge on any atom is 0.152 e. The van der Waals surface area contributed by atoms with Crippen LogP contribution in [-0.2, 0) is 12.1 Å². The third-order valence-electron chi connectivity index (χ3n) is 3.09. The average molecular weight is 282 g/mol. The first-order valence-corrected chi connectivity index (χ1v) is 6.31. The molecule has 2 N–H and O–H groups in total. The maximum absolute atomic E-state index is 14.9. The van der Waals surface area contributed by atoms with E-state index < -0.39 is 11.5 Å². The van der Waals surface area contributed by atoms with Crippen molar-refractivity contribution in [2.24, 2.45) is 5.73 Å². The summed E-state index contributed by atoms with van der Waals surface area (Å²) < 4.78 is 28.2. The molecule has 0 aliphatic heterocycles. The van der Waals surface area contributed by atoms with Gasteiger partial charge in [0.15, 0.2) is 5.67 Å². The van der Waals surface area contributed by atoms with E-state index in [9.17, 15) is 8.78 Å². The Morgan fingerprint density at radius 3 is 2.42 bits per heavy atom. The molecule has 0 aliphatic carbocycles. The summed E-state index contributed by atoms with van der Waals surface area (Å²) in [6.07, 6.45) is -0.0515. The molecule has 19 heavy (non-hydrogen) atoms. The number of hydrogen-bond donors (Lipinski definition) is 1. The molecule has 0 bridgehead atoms. The van der Waals surface area contributed by atoms with Crippen LogP contribution in [0.2, 0.25) is 5.02 Å². The van der Waals surface area contributed by atoms with Gasteiger partial charge in [0.2, 0.25) is 0 Å². The van der Waals surface area contributed by atoms with E-state index in [1.54, 1.807) is 30.3 Å². The second-order valence-electron chi connectivity index (χ2n) is 4.45. The Morgan fingerprint density at radius 1 is 1.11 bits per heavy atom. The fraction of sp³-hybridized carbons (Fsp3) is 0.200. The number of rotatable bonds is 4. The van der Waals surface area contributed by atoms with Crippen LogP contribution < -0.4 is 5.73 Å². The zero-order valence-electron chi connectivity index (χ0n) is 10.2. The molecule has 1 atom stereocenters. The van der Waals surface area contributed by atoms with Gasteiger partial charge in [-0.1, -0.05) is 41.9 Å². The van der Waals surface area contributed by atoms with Crippen LogP contribution in [0.25, 0.3) is 0 Å². The molecule has 2 rings (SSSR count). The molecule has 1 nitrogen and oxygen atoms in total. The van der Waals surface area contributed by atoms with Gasteiger partial charge in [-0.2, -0.15) is 0 Å². The lowest BCUT2D eigenvalue weighted by atomic mass is 9.89. The number of alkyl halides is 1. The van der Waals surface area contributed by atoms with Gasteiger partial charge in [0.25, 0.3) is 0 Å². The van der Waals surface area contributed by atoms with E-state index in [4.69, 9.17) is 17.3 Å². The first-order chi connectivity index (χ1) is 9.05. The Kier molecular flexibility index (Phi) is 4.17. The Labute approximate surface area is 116 Å². The van der Waals surface area contributed by atoms with Gasteiger partial charge in [0, 0.05) is 18.0 Å². The van der Waals surface area contributed by atoms with Crippen molar-refractivity contribution < 1.29 is 8.78 Å². The average Bonchev–Trinajstić information content (AvgIpc) is 2.44. The van der Waals surface area contributed by atoms with Gasteiger partial charge in [-0.3, -0.25) is 0 Å². The standard InChI is InChI=1S/C15H14ClF2N/c16-14-7-6-13(17)8-11(14)9-15(18,10-19)12-4-2-1-3-5-12/h1-8H,9-10,19H2. The molecule has 0 amide bonds. The number of halogens is 3. The van der Waals surface area contributed by atoms with Gasteiger partial charge in [0.1, 0.15) is 5.82 Å². The molecule has 0 aromatic heterocycles. The van der Waals surface area contributed by atoms with Crippen molar-refractivity contribution in [3.63, 3.8) is 0 Å². The highest BCUT2D eigenvalue weighted by molar-refractivity contribution is 6.31. The predicted octanol–water partition coefficient (Wildman–Crippen LogP) is 3.85. The first kappa shape index (κ1) is 14.0. The predicted molar refractivity (Wildman–Crippen MR) is 73.4 cm³/mol. The Hall–Kier alpha value is -1.45. The minimum Gasteiger partial charge on any atom is -0.327 e. The van der Waals surface area contributed by atoms with Gasteiger partial charge in [-0.25, -0.2) is 8.78 Å². The highest BCUT2D eigenvalue weighted by atomic mass is 35.5. The maximum atomic E-state index is 14.9. The third-order valence-corrected chi connectivity index (χ3v) is 3.46. The highest BCUT2D eigenvalue weighted by Crippen LogP contribution is 2.32. The molecule has 0 saturated carbocycles. The van der Waals surface area contributed by atoms with Crippen LogP contribution in [0, 0.1) is 5.82 Å². The summed E-state index contributed by atoms with van der Waals surface area (Å²) in [6.45, 7) is -0.191. The van der Waals surface area contributed by atoms with Crippen molar-refractivity contribution in [3.8, 4) is 0 Å². The zero-order valence-corrected chi connectivity index (χ0v) is 11.0. The summed E-state index contributed by atoms with van der Waals surface area (Å²) in [5, 5.41) is 0.341. The van der Waals surface area contributed by atoms with Crippen molar-refractivity contribution in [2.75, 3.05) is 6.54 Å². The summed E-state index contributed by atoms with van der Waals surface area (Å²) in [5.74, 6) is -0.438. The molecular formula is C15H14ClF2N. The summed E-state index contributed by atoms with van der Waals surface area (Å²) in [4.78, 5) is 0. The van der Waals surface area contributed by atoms with Crippen molar-refractivity contribution in [1.82, 2.24) is 0 Å². The SMILES string of the molecule is NCC(F)(Cc1cc(F)ccc1Cl)c1ccccc1. The van der Waals surface area contributed by atoms with E-state index in [0.29, 0.717) is 16.1 Å². The van der Waals surface area contributed by atoms with Crippen molar-refractivity contribution in [1.29, 1.82) is 0 Å². The van der Waals surface area contributed by atoms with Crippen LogP contribution in [0.5, 0.6) is 0 Å². The van der Waals surface area contributed by atoms with Crippen molar-refractivity contribution in [3.05, 3.63) is 70.5 Å². The van der Waals surface area contributed by atoms with Crippen LogP contribution >= 0.6 is 11.6 Å². The van der Waals surface area contributed by atoms with Gasteiger partial charge < -0.3 is 5.73 Å². The molecule has 0 heterocycles. The molecule has 2 aromatic rings. The largest absolute Gasteiger partial charge is 0.327 e. The second-order valence-corrected chi connectivity index (χ2v) is 4.86. The van der Waals surface area contributed by atoms with Gasteiger partial charge >= 0.3 is 0 Å². The van der Waals surface area contributed by atoms with E-state index in [1.807, 2.05) is 0 Å². The van der Waals surface area contributed by atoms with Crippen LogP contribution in [0.1, 0.15) is 11.1 Å². The third kappa shape index (κ3) is 3.11. The molecule has 1 unspecified atom stereocenters. The number of hydrogen-bond acceptors (Lipinski definition) is 1.